The van der Waals surface area contributed by atoms with Crippen molar-refractivity contribution in [3.05, 3.63) is 0 Å². The van der Waals surface area contributed by atoms with Crippen molar-refractivity contribution in [3.63, 3.8) is 0 Å². The maximum atomic E-state index is 8.87. The average molecular weight is 202 g/mol. The van der Waals surface area contributed by atoms with Crippen LogP contribution in [-0.2, 0) is 0 Å². The summed E-state index contributed by atoms with van der Waals surface area (Å²) >= 11 is 0. The van der Waals surface area contributed by atoms with Crippen LogP contribution in [0.2, 0.25) is 0 Å². The lowest BCUT2D eigenvalue weighted by Gasteiger charge is -2.16. The van der Waals surface area contributed by atoms with Crippen LogP contribution in [0.3, 0.4) is 0 Å². The second-order valence-electron chi connectivity index (χ2n) is 4.17. The standard InChI is InChI=1S/C11H26N2O/c1-4-5-11(6-9-14)10-12-7-8-13(2)3/h11-12,14H,4-10H2,1-3H3. The molecule has 0 bridgehead atoms. The number of aliphatic hydroxyl groups is 1. The van der Waals surface area contributed by atoms with Crippen LogP contribution in [0.25, 0.3) is 0 Å². The molecule has 0 saturated carbocycles. The lowest BCUT2D eigenvalue weighted by atomic mass is 10.0. The van der Waals surface area contributed by atoms with Crippen LogP contribution in [-0.4, -0.2) is 50.3 Å². The molecule has 0 aromatic heterocycles. The molecule has 0 radical (unpaired) electrons. The second kappa shape index (κ2) is 9.44. The normalized spacial score (nSPS) is 13.5. The molecule has 2 N–H and O–H groups in total. The van der Waals surface area contributed by atoms with E-state index in [-0.39, 0.29) is 0 Å². The monoisotopic (exact) mass is 202 g/mol. The third kappa shape index (κ3) is 8.48. The SMILES string of the molecule is CCCC(CCO)CNCCN(C)C. The number of aliphatic hydroxyl groups excluding tert-OH is 1. The van der Waals surface area contributed by atoms with E-state index in [1.165, 1.54) is 12.8 Å². The quantitative estimate of drug-likeness (QED) is 0.546. The summed E-state index contributed by atoms with van der Waals surface area (Å²) in [4.78, 5) is 2.17. The van der Waals surface area contributed by atoms with Gasteiger partial charge in [-0.05, 0) is 39.4 Å². The molecule has 0 rings (SSSR count). The Labute approximate surface area is 88.5 Å². The highest BCUT2D eigenvalue weighted by Gasteiger charge is 2.05. The fraction of sp³-hybridized carbons (Fsp3) is 1.00. The Kier molecular flexibility index (Phi) is 9.35. The number of nitrogens with zero attached hydrogens (tertiary/aromatic N) is 1. The number of hydrogen-bond acceptors (Lipinski definition) is 3. The molecule has 86 valence electrons. The third-order valence-electron chi connectivity index (χ3n) is 2.40. The van der Waals surface area contributed by atoms with Crippen molar-refractivity contribution in [1.82, 2.24) is 10.2 Å². The van der Waals surface area contributed by atoms with Crippen molar-refractivity contribution in [1.29, 1.82) is 0 Å². The summed E-state index contributed by atoms with van der Waals surface area (Å²) in [5.74, 6) is 0.646. The van der Waals surface area contributed by atoms with Gasteiger partial charge in [0.05, 0.1) is 0 Å². The van der Waals surface area contributed by atoms with E-state index in [9.17, 15) is 0 Å². The Morgan fingerprint density at radius 2 is 2.00 bits per heavy atom. The van der Waals surface area contributed by atoms with E-state index < -0.39 is 0 Å². The minimum absolute atomic E-state index is 0.319. The molecule has 0 heterocycles. The fourth-order valence-electron chi connectivity index (χ4n) is 1.55. The summed E-state index contributed by atoms with van der Waals surface area (Å²) in [7, 11) is 4.16. The molecule has 3 nitrogen and oxygen atoms in total. The number of nitrogens with one attached hydrogen (secondary N) is 1. The van der Waals surface area contributed by atoms with E-state index in [2.05, 4.69) is 31.2 Å². The predicted molar refractivity (Wildman–Crippen MR) is 61.5 cm³/mol. The summed E-state index contributed by atoms with van der Waals surface area (Å²) in [6.45, 7) is 5.68. The van der Waals surface area contributed by atoms with Crippen molar-refractivity contribution in [2.24, 2.45) is 5.92 Å². The van der Waals surface area contributed by atoms with E-state index in [4.69, 9.17) is 5.11 Å². The van der Waals surface area contributed by atoms with E-state index in [1.54, 1.807) is 0 Å². The lowest BCUT2D eigenvalue weighted by molar-refractivity contribution is 0.247. The van der Waals surface area contributed by atoms with Gasteiger partial charge in [-0.2, -0.15) is 0 Å². The molecular formula is C11H26N2O. The van der Waals surface area contributed by atoms with Gasteiger partial charge in [-0.25, -0.2) is 0 Å². The van der Waals surface area contributed by atoms with Crippen LogP contribution < -0.4 is 5.32 Å². The molecular weight excluding hydrogens is 176 g/mol. The Morgan fingerprint density at radius 1 is 1.29 bits per heavy atom. The fourth-order valence-corrected chi connectivity index (χ4v) is 1.55. The third-order valence-corrected chi connectivity index (χ3v) is 2.40. The zero-order valence-corrected chi connectivity index (χ0v) is 9.92. The molecule has 0 fully saturated rings. The van der Waals surface area contributed by atoms with Crippen LogP contribution in [0, 0.1) is 5.92 Å². The molecule has 0 aliphatic heterocycles. The van der Waals surface area contributed by atoms with Gasteiger partial charge in [-0.3, -0.25) is 0 Å². The van der Waals surface area contributed by atoms with Crippen molar-refractivity contribution in [3.8, 4) is 0 Å². The molecule has 1 unspecified atom stereocenters. The number of hydrogen-bond donors (Lipinski definition) is 2. The molecule has 0 saturated heterocycles. The minimum Gasteiger partial charge on any atom is -0.396 e. The van der Waals surface area contributed by atoms with Gasteiger partial charge >= 0.3 is 0 Å². The predicted octanol–water partition coefficient (Wildman–Crippen LogP) is 0.936. The van der Waals surface area contributed by atoms with Crippen molar-refractivity contribution >= 4 is 0 Å². The van der Waals surface area contributed by atoms with Gasteiger partial charge in [-0.15, -0.1) is 0 Å². The lowest BCUT2D eigenvalue weighted by Crippen LogP contribution is -2.30. The first-order valence-corrected chi connectivity index (χ1v) is 5.67. The first-order chi connectivity index (χ1) is 6.70. The van der Waals surface area contributed by atoms with Gasteiger partial charge in [0.15, 0.2) is 0 Å². The van der Waals surface area contributed by atoms with Gasteiger partial charge in [0.1, 0.15) is 0 Å². The Balaban J connectivity index is 3.40. The van der Waals surface area contributed by atoms with Gasteiger partial charge in [-0.1, -0.05) is 13.3 Å². The minimum atomic E-state index is 0.319. The summed E-state index contributed by atoms with van der Waals surface area (Å²) in [6, 6.07) is 0. The van der Waals surface area contributed by atoms with Gasteiger partial charge < -0.3 is 15.3 Å². The molecule has 0 aromatic rings. The van der Waals surface area contributed by atoms with Crippen molar-refractivity contribution < 1.29 is 5.11 Å². The second-order valence-corrected chi connectivity index (χ2v) is 4.17. The average Bonchev–Trinajstić information content (AvgIpc) is 2.12. The zero-order valence-electron chi connectivity index (χ0n) is 9.92. The van der Waals surface area contributed by atoms with Gasteiger partial charge in [0, 0.05) is 19.7 Å². The van der Waals surface area contributed by atoms with Crippen LogP contribution in [0.5, 0.6) is 0 Å². The highest BCUT2D eigenvalue weighted by molar-refractivity contribution is 4.62. The van der Waals surface area contributed by atoms with Gasteiger partial charge in [0.2, 0.25) is 0 Å². The Bertz CT molecular complexity index is 112. The van der Waals surface area contributed by atoms with Crippen molar-refractivity contribution in [2.75, 3.05) is 40.3 Å². The molecule has 3 heteroatoms. The highest BCUT2D eigenvalue weighted by Crippen LogP contribution is 2.08. The molecule has 0 aromatic carbocycles. The summed E-state index contributed by atoms with van der Waals surface area (Å²) < 4.78 is 0. The van der Waals surface area contributed by atoms with Crippen molar-refractivity contribution in [2.45, 2.75) is 26.2 Å². The summed E-state index contributed by atoms with van der Waals surface area (Å²) in [5.41, 5.74) is 0. The first-order valence-electron chi connectivity index (χ1n) is 5.67. The molecule has 0 aliphatic rings. The molecule has 0 aliphatic carbocycles. The zero-order chi connectivity index (χ0) is 10.8. The Morgan fingerprint density at radius 3 is 2.50 bits per heavy atom. The first kappa shape index (κ1) is 13.9. The number of likely N-dealkylation sites (N-methyl/N-ethyl adjacent to an activating group) is 1. The van der Waals surface area contributed by atoms with E-state index in [0.29, 0.717) is 12.5 Å². The molecule has 0 spiro atoms. The van der Waals surface area contributed by atoms with E-state index in [1.807, 2.05) is 0 Å². The summed E-state index contributed by atoms with van der Waals surface area (Å²) in [5, 5.41) is 12.3. The summed E-state index contributed by atoms with van der Waals surface area (Å²) in [6.07, 6.45) is 3.36. The van der Waals surface area contributed by atoms with Crippen LogP contribution in [0.1, 0.15) is 26.2 Å². The largest absolute Gasteiger partial charge is 0.396 e. The molecule has 14 heavy (non-hydrogen) atoms. The molecule has 1 atom stereocenters. The van der Waals surface area contributed by atoms with Gasteiger partial charge in [0.25, 0.3) is 0 Å². The van der Waals surface area contributed by atoms with E-state index >= 15 is 0 Å². The maximum Gasteiger partial charge on any atom is 0.0434 e. The smallest absolute Gasteiger partial charge is 0.0434 e. The maximum absolute atomic E-state index is 8.87. The van der Waals surface area contributed by atoms with E-state index in [0.717, 1.165) is 26.1 Å². The molecule has 0 amide bonds. The highest BCUT2D eigenvalue weighted by atomic mass is 16.3. The topological polar surface area (TPSA) is 35.5 Å². The van der Waals surface area contributed by atoms with Crippen LogP contribution in [0.4, 0.5) is 0 Å². The van der Waals surface area contributed by atoms with Crippen LogP contribution >= 0.6 is 0 Å². The number of rotatable bonds is 9. The Hall–Kier alpha value is -0.120. The van der Waals surface area contributed by atoms with Crippen LogP contribution in [0.15, 0.2) is 0 Å².